The number of amides is 3. The highest BCUT2D eigenvalue weighted by Gasteiger charge is 2.21. The first kappa shape index (κ1) is 23.3. The lowest BCUT2D eigenvalue weighted by Gasteiger charge is -2.10. The molecule has 1 heterocycles. The van der Waals surface area contributed by atoms with E-state index in [9.17, 15) is 14.4 Å². The quantitative estimate of drug-likeness (QED) is 0.472. The van der Waals surface area contributed by atoms with Gasteiger partial charge in [-0.3, -0.25) is 10.1 Å². The molecule has 0 saturated heterocycles. The lowest BCUT2D eigenvalue weighted by molar-refractivity contribution is -0.143. The van der Waals surface area contributed by atoms with Gasteiger partial charge in [0.25, 0.3) is 5.91 Å². The van der Waals surface area contributed by atoms with Gasteiger partial charge in [-0.05, 0) is 44.4 Å². The summed E-state index contributed by atoms with van der Waals surface area (Å²) in [6, 6.07) is 3.13. The molecule has 1 atom stereocenters. The van der Waals surface area contributed by atoms with Crippen LogP contribution in [-0.4, -0.2) is 43.8 Å². The zero-order valence-electron chi connectivity index (χ0n) is 17.9. The van der Waals surface area contributed by atoms with Crippen molar-refractivity contribution < 1.29 is 28.6 Å². The Morgan fingerprint density at radius 3 is 2.77 bits per heavy atom. The molecule has 0 radical (unpaired) electrons. The maximum absolute atomic E-state index is 11.9. The number of hydrogen-bond acceptors (Lipinski definition) is 6. The molecule has 0 bridgehead atoms. The molecule has 1 aromatic rings. The molecule has 0 spiro atoms. The van der Waals surface area contributed by atoms with E-state index in [0.29, 0.717) is 30.4 Å². The summed E-state index contributed by atoms with van der Waals surface area (Å²) in [6.45, 7) is 8.33. The zero-order chi connectivity index (χ0) is 22.1. The topological polar surface area (TPSA) is 103 Å². The summed E-state index contributed by atoms with van der Waals surface area (Å²) in [5, 5.41) is 4.68. The Morgan fingerprint density at radius 2 is 2.07 bits per heavy atom. The van der Waals surface area contributed by atoms with Crippen LogP contribution in [0.2, 0.25) is 0 Å². The Labute approximate surface area is 176 Å². The highest BCUT2D eigenvalue weighted by atomic mass is 16.5. The number of rotatable bonds is 9. The van der Waals surface area contributed by atoms with Gasteiger partial charge in [0.15, 0.2) is 6.61 Å². The summed E-state index contributed by atoms with van der Waals surface area (Å²) in [4.78, 5) is 35.2. The minimum atomic E-state index is -0.706. The minimum absolute atomic E-state index is 0.0970. The van der Waals surface area contributed by atoms with Crippen molar-refractivity contribution in [3.63, 3.8) is 0 Å². The molecule has 0 aromatic heterocycles. The molecule has 0 fully saturated rings. The van der Waals surface area contributed by atoms with Crippen molar-refractivity contribution in [3.05, 3.63) is 29.3 Å². The number of esters is 1. The molecule has 1 aliphatic heterocycles. The number of fused-ring (bicyclic) bond motifs is 1. The van der Waals surface area contributed by atoms with Gasteiger partial charge in [-0.2, -0.15) is 0 Å². The van der Waals surface area contributed by atoms with Crippen LogP contribution in [0.25, 0.3) is 6.08 Å². The summed E-state index contributed by atoms with van der Waals surface area (Å²) in [5.41, 5.74) is 1.74. The van der Waals surface area contributed by atoms with Gasteiger partial charge in [-0.25, -0.2) is 9.59 Å². The first-order valence-corrected chi connectivity index (χ1v) is 10.2. The molecular formula is C22H30N2O6. The lowest BCUT2D eigenvalue weighted by Crippen LogP contribution is -2.41. The molecule has 0 aliphatic carbocycles. The standard InChI is InChI=1S/C22H30N2O6/c1-5-28-18-12-17-10-15(4)30-19(17)11-16(18)6-7-21(26)29-13-20(25)24-22(27)23-9-8-14(2)3/h6-7,11-12,14-15H,5,8-10,13H2,1-4H3,(H2,23,24,25,27)/b7-6+/t15-/m1/s1. The molecule has 8 nitrogen and oxygen atoms in total. The summed E-state index contributed by atoms with van der Waals surface area (Å²) in [6.07, 6.45) is 4.47. The number of ether oxygens (including phenoxy) is 3. The van der Waals surface area contributed by atoms with Crippen LogP contribution in [0.3, 0.4) is 0 Å². The fourth-order valence-corrected chi connectivity index (χ4v) is 2.89. The Balaban J connectivity index is 1.85. The molecule has 0 saturated carbocycles. The van der Waals surface area contributed by atoms with Crippen LogP contribution in [0.4, 0.5) is 4.79 Å². The van der Waals surface area contributed by atoms with E-state index in [1.807, 2.05) is 39.8 Å². The van der Waals surface area contributed by atoms with Gasteiger partial charge in [0.05, 0.1) is 6.61 Å². The van der Waals surface area contributed by atoms with Crippen LogP contribution in [0.15, 0.2) is 18.2 Å². The monoisotopic (exact) mass is 418 g/mol. The van der Waals surface area contributed by atoms with E-state index in [2.05, 4.69) is 10.6 Å². The van der Waals surface area contributed by atoms with Crippen molar-refractivity contribution in [1.29, 1.82) is 0 Å². The largest absolute Gasteiger partial charge is 0.493 e. The fraction of sp³-hybridized carbons (Fsp3) is 0.500. The first-order chi connectivity index (χ1) is 14.3. The van der Waals surface area contributed by atoms with E-state index in [4.69, 9.17) is 14.2 Å². The van der Waals surface area contributed by atoms with E-state index < -0.39 is 24.5 Å². The molecule has 2 N–H and O–H groups in total. The van der Waals surface area contributed by atoms with E-state index >= 15 is 0 Å². The minimum Gasteiger partial charge on any atom is -0.493 e. The molecule has 164 valence electrons. The Morgan fingerprint density at radius 1 is 1.30 bits per heavy atom. The third-order valence-corrected chi connectivity index (χ3v) is 4.33. The van der Waals surface area contributed by atoms with Crippen LogP contribution in [0.1, 0.15) is 45.2 Å². The number of hydrogen-bond donors (Lipinski definition) is 2. The maximum atomic E-state index is 11.9. The summed E-state index contributed by atoms with van der Waals surface area (Å²) >= 11 is 0. The zero-order valence-corrected chi connectivity index (χ0v) is 17.9. The van der Waals surface area contributed by atoms with Gasteiger partial charge >= 0.3 is 12.0 Å². The fourth-order valence-electron chi connectivity index (χ4n) is 2.89. The van der Waals surface area contributed by atoms with E-state index in [0.717, 1.165) is 24.2 Å². The predicted molar refractivity (Wildman–Crippen MR) is 112 cm³/mol. The maximum Gasteiger partial charge on any atom is 0.331 e. The van der Waals surface area contributed by atoms with Crippen LogP contribution in [0.5, 0.6) is 11.5 Å². The molecule has 2 rings (SSSR count). The smallest absolute Gasteiger partial charge is 0.331 e. The van der Waals surface area contributed by atoms with Crippen molar-refractivity contribution in [2.24, 2.45) is 5.92 Å². The van der Waals surface area contributed by atoms with Gasteiger partial charge < -0.3 is 19.5 Å². The average molecular weight is 418 g/mol. The summed E-state index contributed by atoms with van der Waals surface area (Å²) < 4.78 is 16.3. The number of nitrogens with one attached hydrogen (secondary N) is 2. The number of carbonyl (C=O) groups excluding carboxylic acids is 3. The summed E-state index contributed by atoms with van der Waals surface area (Å²) in [7, 11) is 0. The molecule has 3 amide bonds. The van der Waals surface area contributed by atoms with Crippen LogP contribution in [0, 0.1) is 5.92 Å². The average Bonchev–Trinajstić information content (AvgIpc) is 3.03. The number of carbonyl (C=O) groups is 3. The van der Waals surface area contributed by atoms with E-state index in [1.165, 1.54) is 6.08 Å². The third-order valence-electron chi connectivity index (χ3n) is 4.33. The van der Waals surface area contributed by atoms with Crippen molar-refractivity contribution in [2.75, 3.05) is 19.8 Å². The second-order valence-electron chi connectivity index (χ2n) is 7.49. The highest BCUT2D eigenvalue weighted by Crippen LogP contribution is 2.35. The molecule has 8 heteroatoms. The number of urea groups is 1. The van der Waals surface area contributed by atoms with E-state index in [-0.39, 0.29) is 6.10 Å². The number of benzene rings is 1. The van der Waals surface area contributed by atoms with Gasteiger partial charge in [-0.1, -0.05) is 13.8 Å². The van der Waals surface area contributed by atoms with Crippen molar-refractivity contribution in [2.45, 2.75) is 46.6 Å². The van der Waals surface area contributed by atoms with Gasteiger partial charge in [0.2, 0.25) is 0 Å². The van der Waals surface area contributed by atoms with Gasteiger partial charge in [-0.15, -0.1) is 0 Å². The second-order valence-corrected chi connectivity index (χ2v) is 7.49. The Kier molecular flexibility index (Phi) is 8.70. The normalized spacial score (nSPS) is 14.9. The van der Waals surface area contributed by atoms with E-state index in [1.54, 1.807) is 6.08 Å². The van der Waals surface area contributed by atoms with Crippen molar-refractivity contribution in [3.8, 4) is 11.5 Å². The molecule has 30 heavy (non-hydrogen) atoms. The SMILES string of the molecule is CCOc1cc2c(cc1/C=C/C(=O)OCC(=O)NC(=O)NCCC(C)C)O[C@H](C)C2. The number of imide groups is 1. The molecule has 1 aromatic carbocycles. The molecular weight excluding hydrogens is 388 g/mol. The second kappa shape index (κ2) is 11.2. The van der Waals surface area contributed by atoms with Gasteiger partial charge in [0, 0.05) is 30.2 Å². The Hall–Kier alpha value is -3.03. The van der Waals surface area contributed by atoms with Crippen LogP contribution in [-0.2, 0) is 20.7 Å². The summed E-state index contributed by atoms with van der Waals surface area (Å²) in [5.74, 6) is 0.449. The predicted octanol–water partition coefficient (Wildman–Crippen LogP) is 2.84. The highest BCUT2D eigenvalue weighted by molar-refractivity contribution is 5.96. The van der Waals surface area contributed by atoms with Gasteiger partial charge in [0.1, 0.15) is 17.6 Å². The van der Waals surface area contributed by atoms with Crippen molar-refractivity contribution >= 4 is 24.0 Å². The molecule has 1 aliphatic rings. The third kappa shape index (κ3) is 7.42. The van der Waals surface area contributed by atoms with Crippen LogP contribution >= 0.6 is 0 Å². The lowest BCUT2D eigenvalue weighted by atomic mass is 10.1. The Bertz CT molecular complexity index is 803. The molecule has 0 unspecified atom stereocenters. The first-order valence-electron chi connectivity index (χ1n) is 10.2. The van der Waals surface area contributed by atoms with Crippen molar-refractivity contribution in [1.82, 2.24) is 10.6 Å². The van der Waals surface area contributed by atoms with Crippen LogP contribution < -0.4 is 20.1 Å².